The van der Waals surface area contributed by atoms with Crippen LogP contribution in [0.5, 0.6) is 5.75 Å². The predicted octanol–water partition coefficient (Wildman–Crippen LogP) is 1.48. The number of methoxy groups -OCH3 is 1. The van der Waals surface area contributed by atoms with Crippen LogP contribution in [-0.4, -0.2) is 25.2 Å². The summed E-state index contributed by atoms with van der Waals surface area (Å²) in [6.45, 7) is 0. The Balaban J connectivity index is 2.08. The van der Waals surface area contributed by atoms with Gasteiger partial charge in [0.05, 0.1) is 11.7 Å². The lowest BCUT2D eigenvalue weighted by Gasteiger charge is -2.34. The number of carbonyl (C=O) groups excluding carboxylic acids is 1. The number of hydrogen-bond donors (Lipinski definition) is 1. The molecule has 17 heavy (non-hydrogen) atoms. The SMILES string of the molecule is COC1CC(Oc2ccc(F)cc2C(N)=O)C1. The fourth-order valence-electron chi connectivity index (χ4n) is 1.78. The summed E-state index contributed by atoms with van der Waals surface area (Å²) in [5.41, 5.74) is 5.24. The van der Waals surface area contributed by atoms with Gasteiger partial charge in [-0.25, -0.2) is 4.39 Å². The molecule has 0 unspecified atom stereocenters. The van der Waals surface area contributed by atoms with Crippen molar-refractivity contribution in [1.82, 2.24) is 0 Å². The minimum atomic E-state index is -0.692. The van der Waals surface area contributed by atoms with E-state index in [-0.39, 0.29) is 17.8 Å². The summed E-state index contributed by atoms with van der Waals surface area (Å²) in [5, 5.41) is 0. The summed E-state index contributed by atoms with van der Waals surface area (Å²) in [4.78, 5) is 11.1. The van der Waals surface area contributed by atoms with Crippen molar-refractivity contribution in [2.24, 2.45) is 5.73 Å². The van der Waals surface area contributed by atoms with Crippen LogP contribution in [0.4, 0.5) is 4.39 Å². The van der Waals surface area contributed by atoms with Gasteiger partial charge in [0.1, 0.15) is 17.7 Å². The van der Waals surface area contributed by atoms with Crippen molar-refractivity contribution in [2.45, 2.75) is 25.0 Å². The Kier molecular flexibility index (Phi) is 3.28. The number of rotatable bonds is 4. The van der Waals surface area contributed by atoms with Gasteiger partial charge < -0.3 is 15.2 Å². The van der Waals surface area contributed by atoms with Crippen LogP contribution in [-0.2, 0) is 4.74 Å². The largest absolute Gasteiger partial charge is 0.489 e. The standard InChI is InChI=1S/C12H14FNO3/c1-16-8-5-9(6-8)17-11-3-2-7(13)4-10(11)12(14)15/h2-4,8-9H,5-6H2,1H3,(H2,14,15). The molecule has 92 valence electrons. The molecule has 5 heteroatoms. The molecule has 1 amide bonds. The van der Waals surface area contributed by atoms with E-state index in [1.807, 2.05) is 0 Å². The van der Waals surface area contributed by atoms with Gasteiger partial charge in [0, 0.05) is 20.0 Å². The normalized spacial score (nSPS) is 22.9. The van der Waals surface area contributed by atoms with Gasteiger partial charge in [-0.15, -0.1) is 0 Å². The summed E-state index contributed by atoms with van der Waals surface area (Å²) in [6, 6.07) is 3.76. The molecule has 0 aliphatic heterocycles. The molecule has 0 atom stereocenters. The number of primary amides is 1. The van der Waals surface area contributed by atoms with Crippen LogP contribution in [0.25, 0.3) is 0 Å². The first kappa shape index (κ1) is 11.9. The number of amides is 1. The van der Waals surface area contributed by atoms with Crippen molar-refractivity contribution in [3.05, 3.63) is 29.6 Å². The number of hydrogen-bond acceptors (Lipinski definition) is 3. The molecular formula is C12H14FNO3. The van der Waals surface area contributed by atoms with Crippen LogP contribution in [0.1, 0.15) is 23.2 Å². The van der Waals surface area contributed by atoms with Crippen LogP contribution in [0, 0.1) is 5.82 Å². The van der Waals surface area contributed by atoms with E-state index in [0.29, 0.717) is 5.75 Å². The van der Waals surface area contributed by atoms with Crippen molar-refractivity contribution in [3.63, 3.8) is 0 Å². The highest BCUT2D eigenvalue weighted by Crippen LogP contribution is 2.29. The molecule has 1 aromatic carbocycles. The lowest BCUT2D eigenvalue weighted by Crippen LogP contribution is -2.39. The van der Waals surface area contributed by atoms with Crippen molar-refractivity contribution in [3.8, 4) is 5.75 Å². The number of halogens is 1. The van der Waals surface area contributed by atoms with Crippen molar-refractivity contribution < 1.29 is 18.7 Å². The highest BCUT2D eigenvalue weighted by Gasteiger charge is 2.31. The number of benzene rings is 1. The molecule has 0 radical (unpaired) electrons. The molecule has 4 nitrogen and oxygen atoms in total. The topological polar surface area (TPSA) is 61.6 Å². The first-order valence-electron chi connectivity index (χ1n) is 5.39. The Morgan fingerprint density at radius 1 is 1.41 bits per heavy atom. The highest BCUT2D eigenvalue weighted by molar-refractivity contribution is 5.95. The molecule has 0 aromatic heterocycles. The van der Waals surface area contributed by atoms with Gasteiger partial charge in [-0.1, -0.05) is 0 Å². The Morgan fingerprint density at radius 2 is 2.12 bits per heavy atom. The summed E-state index contributed by atoms with van der Waals surface area (Å²) >= 11 is 0. The Hall–Kier alpha value is -1.62. The van der Waals surface area contributed by atoms with Crippen molar-refractivity contribution in [1.29, 1.82) is 0 Å². The van der Waals surface area contributed by atoms with Crippen molar-refractivity contribution >= 4 is 5.91 Å². The zero-order valence-corrected chi connectivity index (χ0v) is 9.48. The second kappa shape index (κ2) is 4.71. The number of carbonyl (C=O) groups is 1. The fourth-order valence-corrected chi connectivity index (χ4v) is 1.78. The van der Waals surface area contributed by atoms with E-state index in [2.05, 4.69) is 0 Å². The van der Waals surface area contributed by atoms with Crippen molar-refractivity contribution in [2.75, 3.05) is 7.11 Å². The third-order valence-corrected chi connectivity index (χ3v) is 2.89. The molecular weight excluding hydrogens is 225 g/mol. The second-order valence-corrected chi connectivity index (χ2v) is 4.07. The average Bonchev–Trinajstić information content (AvgIpc) is 2.24. The fraction of sp³-hybridized carbons (Fsp3) is 0.417. The lowest BCUT2D eigenvalue weighted by atomic mass is 9.92. The summed E-state index contributed by atoms with van der Waals surface area (Å²) in [5.74, 6) is -0.866. The molecule has 1 aromatic rings. The minimum Gasteiger partial charge on any atom is -0.489 e. The Morgan fingerprint density at radius 3 is 2.71 bits per heavy atom. The minimum absolute atomic E-state index is 0.00325. The molecule has 1 aliphatic carbocycles. The van der Waals surface area contributed by atoms with E-state index in [0.717, 1.165) is 18.9 Å². The zero-order chi connectivity index (χ0) is 12.4. The second-order valence-electron chi connectivity index (χ2n) is 4.07. The van der Waals surface area contributed by atoms with Gasteiger partial charge in [0.2, 0.25) is 0 Å². The van der Waals surface area contributed by atoms with Gasteiger partial charge in [0.15, 0.2) is 0 Å². The quantitative estimate of drug-likeness (QED) is 0.865. The average molecular weight is 239 g/mol. The maximum absolute atomic E-state index is 13.0. The van der Waals surface area contributed by atoms with E-state index >= 15 is 0 Å². The summed E-state index contributed by atoms with van der Waals surface area (Å²) in [6.07, 6.45) is 1.75. The molecule has 0 saturated heterocycles. The maximum Gasteiger partial charge on any atom is 0.252 e. The van der Waals surface area contributed by atoms with E-state index in [1.54, 1.807) is 7.11 Å². The van der Waals surface area contributed by atoms with Crippen LogP contribution < -0.4 is 10.5 Å². The monoisotopic (exact) mass is 239 g/mol. The van der Waals surface area contributed by atoms with E-state index in [1.165, 1.54) is 12.1 Å². The van der Waals surface area contributed by atoms with Gasteiger partial charge in [0.25, 0.3) is 5.91 Å². The van der Waals surface area contributed by atoms with E-state index < -0.39 is 11.7 Å². The Labute approximate surface area is 98.5 Å². The van der Waals surface area contributed by atoms with E-state index in [4.69, 9.17) is 15.2 Å². The highest BCUT2D eigenvalue weighted by atomic mass is 19.1. The number of ether oxygens (including phenoxy) is 2. The molecule has 0 heterocycles. The van der Waals surface area contributed by atoms with Gasteiger partial charge in [-0.05, 0) is 18.2 Å². The lowest BCUT2D eigenvalue weighted by molar-refractivity contribution is -0.0382. The first-order chi connectivity index (χ1) is 8.10. The number of nitrogens with two attached hydrogens (primary N) is 1. The smallest absolute Gasteiger partial charge is 0.252 e. The molecule has 1 fully saturated rings. The molecule has 1 aliphatic rings. The molecule has 2 rings (SSSR count). The molecule has 1 saturated carbocycles. The van der Waals surface area contributed by atoms with Gasteiger partial charge >= 0.3 is 0 Å². The first-order valence-corrected chi connectivity index (χ1v) is 5.39. The van der Waals surface area contributed by atoms with E-state index in [9.17, 15) is 9.18 Å². The predicted molar refractivity (Wildman–Crippen MR) is 59.4 cm³/mol. The third kappa shape index (κ3) is 2.55. The van der Waals surface area contributed by atoms with Gasteiger partial charge in [-0.3, -0.25) is 4.79 Å². The molecule has 0 spiro atoms. The Bertz CT molecular complexity index is 430. The zero-order valence-electron chi connectivity index (χ0n) is 9.48. The molecule has 2 N–H and O–H groups in total. The van der Waals surface area contributed by atoms with Crippen LogP contribution >= 0.6 is 0 Å². The third-order valence-electron chi connectivity index (χ3n) is 2.89. The van der Waals surface area contributed by atoms with Gasteiger partial charge in [-0.2, -0.15) is 0 Å². The van der Waals surface area contributed by atoms with Crippen LogP contribution in [0.15, 0.2) is 18.2 Å². The molecule has 0 bridgehead atoms. The van der Waals surface area contributed by atoms with Crippen LogP contribution in [0.3, 0.4) is 0 Å². The maximum atomic E-state index is 13.0. The van der Waals surface area contributed by atoms with Crippen LogP contribution in [0.2, 0.25) is 0 Å². The summed E-state index contributed by atoms with van der Waals surface area (Å²) < 4.78 is 23.7. The summed E-state index contributed by atoms with van der Waals surface area (Å²) in [7, 11) is 1.65.